The molecule has 0 aliphatic carbocycles. The van der Waals surface area contributed by atoms with Crippen molar-refractivity contribution in [1.29, 1.82) is 0 Å². The van der Waals surface area contributed by atoms with Crippen molar-refractivity contribution >= 4 is 40.3 Å². The highest BCUT2D eigenvalue weighted by molar-refractivity contribution is 6.33. The van der Waals surface area contributed by atoms with Gasteiger partial charge in [-0.05, 0) is 12.1 Å². The minimum absolute atomic E-state index is 0.173. The van der Waals surface area contributed by atoms with E-state index in [1.54, 1.807) is 36.7 Å². The summed E-state index contributed by atoms with van der Waals surface area (Å²) in [6.07, 6.45) is 3.17. The van der Waals surface area contributed by atoms with Crippen LogP contribution < -0.4 is 10.6 Å². The number of rotatable bonds is 2. The van der Waals surface area contributed by atoms with Crippen molar-refractivity contribution in [2.75, 3.05) is 10.6 Å². The average Bonchev–Trinajstić information content (AvgIpc) is 2.89. The number of H-pyrrole nitrogens is 1. The summed E-state index contributed by atoms with van der Waals surface area (Å²) in [4.78, 5) is 19.9. The van der Waals surface area contributed by atoms with Gasteiger partial charge >= 0.3 is 6.03 Å². The van der Waals surface area contributed by atoms with Crippen molar-refractivity contribution < 1.29 is 4.79 Å². The van der Waals surface area contributed by atoms with E-state index in [4.69, 9.17) is 11.6 Å². The number of halogens is 1. The number of para-hydroxylation sites is 1. The van der Waals surface area contributed by atoms with Crippen molar-refractivity contribution in [2.45, 2.75) is 0 Å². The molecule has 8 heteroatoms. The smallest absolute Gasteiger partial charge is 0.306 e. The molecule has 0 saturated carbocycles. The number of urea groups is 1. The highest BCUT2D eigenvalue weighted by Crippen LogP contribution is 2.20. The van der Waals surface area contributed by atoms with Gasteiger partial charge in [0, 0.05) is 6.20 Å². The fourth-order valence-corrected chi connectivity index (χ4v) is 1.80. The molecule has 3 rings (SSSR count). The van der Waals surface area contributed by atoms with E-state index in [1.165, 1.54) is 0 Å². The Hall–Kier alpha value is -2.67. The van der Waals surface area contributed by atoms with Crippen molar-refractivity contribution in [2.24, 2.45) is 0 Å². The van der Waals surface area contributed by atoms with Gasteiger partial charge in [-0.25, -0.2) is 9.78 Å². The normalized spacial score (nSPS) is 10.4. The molecule has 0 atom stereocenters. The number of nitrogens with one attached hydrogen (secondary N) is 3. The first-order chi connectivity index (χ1) is 9.72. The minimum Gasteiger partial charge on any atom is -0.306 e. The Bertz CT molecular complexity index is 771. The zero-order valence-corrected chi connectivity index (χ0v) is 10.8. The lowest BCUT2D eigenvalue weighted by atomic mass is 10.3. The molecule has 2 aromatic heterocycles. The van der Waals surface area contributed by atoms with Gasteiger partial charge in [0.1, 0.15) is 0 Å². The molecule has 2 amide bonds. The number of carbonyl (C=O) groups excluding carboxylic acids is 1. The summed E-state index contributed by atoms with van der Waals surface area (Å²) < 4.78 is 0. The average molecular weight is 289 g/mol. The molecule has 0 bridgehead atoms. The Kier molecular flexibility index (Phi) is 3.18. The fraction of sp³-hybridized carbons (Fsp3) is 0. The van der Waals surface area contributed by atoms with Crippen LogP contribution in [0.3, 0.4) is 0 Å². The zero-order valence-electron chi connectivity index (χ0n) is 10.1. The molecule has 3 N–H and O–H groups in total. The van der Waals surface area contributed by atoms with Gasteiger partial charge in [0.25, 0.3) is 0 Å². The maximum atomic E-state index is 11.8. The summed E-state index contributed by atoms with van der Waals surface area (Å²) >= 11 is 5.95. The number of hydrogen-bond acceptors (Lipinski definition) is 4. The first-order valence-corrected chi connectivity index (χ1v) is 6.09. The van der Waals surface area contributed by atoms with E-state index in [9.17, 15) is 4.79 Å². The Morgan fingerprint density at radius 2 is 2.05 bits per heavy atom. The Morgan fingerprint density at radius 3 is 2.90 bits per heavy atom. The lowest BCUT2D eigenvalue weighted by Gasteiger charge is -2.07. The summed E-state index contributed by atoms with van der Waals surface area (Å²) in [5, 5.41) is 12.9. The number of anilines is 2. The van der Waals surface area contributed by atoms with Crippen molar-refractivity contribution in [3.63, 3.8) is 0 Å². The summed E-state index contributed by atoms with van der Waals surface area (Å²) in [6.45, 7) is 0. The van der Waals surface area contributed by atoms with Gasteiger partial charge in [0.2, 0.25) is 5.95 Å². The van der Waals surface area contributed by atoms with Gasteiger partial charge in [0.05, 0.1) is 22.3 Å². The molecule has 1 aromatic carbocycles. The van der Waals surface area contributed by atoms with Crippen molar-refractivity contribution in [3.05, 3.63) is 41.7 Å². The van der Waals surface area contributed by atoms with Crippen LogP contribution in [-0.4, -0.2) is 26.2 Å². The second-order valence-corrected chi connectivity index (χ2v) is 4.33. The molecule has 0 fully saturated rings. The monoisotopic (exact) mass is 288 g/mol. The summed E-state index contributed by atoms with van der Waals surface area (Å²) in [6, 6.07) is 6.46. The van der Waals surface area contributed by atoms with Gasteiger partial charge < -0.3 is 5.32 Å². The van der Waals surface area contributed by atoms with E-state index in [2.05, 4.69) is 30.8 Å². The van der Waals surface area contributed by atoms with E-state index < -0.39 is 6.03 Å². The van der Waals surface area contributed by atoms with E-state index >= 15 is 0 Å². The van der Waals surface area contributed by atoms with Crippen LogP contribution in [0.1, 0.15) is 0 Å². The number of hydrogen-bond donors (Lipinski definition) is 3. The first-order valence-electron chi connectivity index (χ1n) is 5.71. The molecule has 0 saturated heterocycles. The SMILES string of the molecule is O=C(Nc1ncc2cn[nH]c2n1)Nc1ccccc1Cl. The third kappa shape index (κ3) is 2.52. The lowest BCUT2D eigenvalue weighted by Crippen LogP contribution is -2.21. The molecule has 7 nitrogen and oxygen atoms in total. The molecular weight excluding hydrogens is 280 g/mol. The minimum atomic E-state index is -0.475. The quantitative estimate of drug-likeness (QED) is 0.675. The summed E-state index contributed by atoms with van der Waals surface area (Å²) in [7, 11) is 0. The summed E-state index contributed by atoms with van der Waals surface area (Å²) in [5.74, 6) is 0.173. The van der Waals surface area contributed by atoms with Crippen LogP contribution in [0.4, 0.5) is 16.4 Å². The first kappa shape index (κ1) is 12.4. The highest BCUT2D eigenvalue weighted by Gasteiger charge is 2.08. The predicted molar refractivity (Wildman–Crippen MR) is 75.8 cm³/mol. The maximum Gasteiger partial charge on any atom is 0.326 e. The van der Waals surface area contributed by atoms with Gasteiger partial charge in [-0.2, -0.15) is 10.1 Å². The second-order valence-electron chi connectivity index (χ2n) is 3.93. The lowest BCUT2D eigenvalue weighted by molar-refractivity contribution is 0.262. The molecule has 0 unspecified atom stereocenters. The molecule has 0 aliphatic rings. The van der Waals surface area contributed by atoms with Gasteiger partial charge in [0.15, 0.2) is 5.65 Å². The molecule has 2 heterocycles. The molecule has 0 radical (unpaired) electrons. The Balaban J connectivity index is 1.74. The number of aromatic nitrogens is 4. The third-order valence-electron chi connectivity index (χ3n) is 2.54. The summed E-state index contributed by atoms with van der Waals surface area (Å²) in [5.41, 5.74) is 1.06. The van der Waals surface area contributed by atoms with Crippen LogP contribution in [-0.2, 0) is 0 Å². The number of benzene rings is 1. The van der Waals surface area contributed by atoms with Gasteiger partial charge in [-0.3, -0.25) is 10.4 Å². The molecule has 0 aliphatic heterocycles. The predicted octanol–water partition coefficient (Wildman–Crippen LogP) is 2.65. The second kappa shape index (κ2) is 5.14. The van der Waals surface area contributed by atoms with Gasteiger partial charge in [-0.1, -0.05) is 23.7 Å². The molecule has 100 valence electrons. The van der Waals surface area contributed by atoms with Crippen LogP contribution in [0, 0.1) is 0 Å². The van der Waals surface area contributed by atoms with E-state index in [1.807, 2.05) is 0 Å². The van der Waals surface area contributed by atoms with E-state index in [-0.39, 0.29) is 5.95 Å². The number of nitrogens with zero attached hydrogens (tertiary/aromatic N) is 3. The van der Waals surface area contributed by atoms with Gasteiger partial charge in [-0.15, -0.1) is 0 Å². The van der Waals surface area contributed by atoms with Crippen molar-refractivity contribution in [3.8, 4) is 0 Å². The Labute approximate surface area is 118 Å². The molecule has 20 heavy (non-hydrogen) atoms. The van der Waals surface area contributed by atoms with Crippen LogP contribution in [0.25, 0.3) is 11.0 Å². The Morgan fingerprint density at radius 1 is 1.20 bits per heavy atom. The number of fused-ring (bicyclic) bond motifs is 1. The zero-order chi connectivity index (χ0) is 13.9. The van der Waals surface area contributed by atoms with E-state index in [0.717, 1.165) is 5.39 Å². The molecule has 0 spiro atoms. The molecular formula is C12H9ClN6O. The van der Waals surface area contributed by atoms with Crippen LogP contribution in [0.5, 0.6) is 0 Å². The topological polar surface area (TPSA) is 95.6 Å². The number of carbonyl (C=O) groups is 1. The largest absolute Gasteiger partial charge is 0.326 e. The number of aromatic amines is 1. The maximum absolute atomic E-state index is 11.8. The van der Waals surface area contributed by atoms with Crippen LogP contribution in [0.15, 0.2) is 36.7 Å². The van der Waals surface area contributed by atoms with Crippen LogP contribution >= 0.6 is 11.6 Å². The third-order valence-corrected chi connectivity index (χ3v) is 2.87. The molecule has 3 aromatic rings. The standard InChI is InChI=1S/C12H9ClN6O/c13-8-3-1-2-4-9(8)16-12(20)18-11-14-5-7-6-15-19-10(7)17-11/h1-6H,(H3,14,15,16,17,18,19,20). The highest BCUT2D eigenvalue weighted by atomic mass is 35.5. The fourth-order valence-electron chi connectivity index (χ4n) is 1.62. The van der Waals surface area contributed by atoms with Crippen LogP contribution in [0.2, 0.25) is 5.02 Å². The van der Waals surface area contributed by atoms with Crippen molar-refractivity contribution in [1.82, 2.24) is 20.2 Å². The number of amides is 2. The van der Waals surface area contributed by atoms with E-state index in [0.29, 0.717) is 16.4 Å².